The lowest BCUT2D eigenvalue weighted by atomic mass is 9.43. The van der Waals surface area contributed by atoms with Crippen molar-refractivity contribution >= 4 is 32.5 Å². The predicted octanol–water partition coefficient (Wildman–Crippen LogP) is 10.6. The summed E-state index contributed by atoms with van der Waals surface area (Å²) in [7, 11) is -1.02. The second kappa shape index (κ2) is 20.9. The molecule has 3 saturated heterocycles. The van der Waals surface area contributed by atoms with Gasteiger partial charge in [-0.15, -0.1) is 0 Å². The fraction of sp³-hybridized carbons (Fsp3) is 0.732. The third-order valence-electron chi connectivity index (χ3n) is 18.6. The molecule has 7 aliphatic carbocycles. The summed E-state index contributed by atoms with van der Waals surface area (Å²) in [4.78, 5) is 40.4. The zero-order valence-corrected chi connectivity index (χ0v) is 44.3. The molecule has 10 aliphatic rings. The first-order valence-corrected chi connectivity index (χ1v) is 27.3. The molecule has 13 nitrogen and oxygen atoms in total. The number of benzene rings is 2. The Morgan fingerprint density at radius 2 is 1.11 bits per heavy atom. The van der Waals surface area contributed by atoms with E-state index >= 15 is 0 Å². The Morgan fingerprint density at radius 3 is 1.58 bits per heavy atom. The quantitative estimate of drug-likeness (QED) is 0.156. The summed E-state index contributed by atoms with van der Waals surface area (Å²) in [6.07, 6.45) is 13.3. The Kier molecular flexibility index (Phi) is 15.3. The maximum atomic E-state index is 13.1. The molecule has 7 saturated carbocycles. The van der Waals surface area contributed by atoms with Crippen LogP contribution in [0, 0.1) is 40.4 Å². The maximum absolute atomic E-state index is 13.1. The van der Waals surface area contributed by atoms with Crippen LogP contribution in [0.3, 0.4) is 0 Å². The number of nitrogens with one attached hydrogen (secondary N) is 2. The van der Waals surface area contributed by atoms with Gasteiger partial charge in [0.05, 0.1) is 47.9 Å². The Morgan fingerprint density at radius 1 is 0.648 bits per heavy atom. The van der Waals surface area contributed by atoms with Crippen LogP contribution in [0.5, 0.6) is 0 Å². The number of hydrogen-bond acceptors (Lipinski definition) is 10. The Labute approximate surface area is 424 Å². The Bertz CT molecular complexity index is 2160. The van der Waals surface area contributed by atoms with E-state index in [9.17, 15) is 14.4 Å². The van der Waals surface area contributed by atoms with E-state index in [1.165, 1.54) is 32.1 Å². The van der Waals surface area contributed by atoms with Crippen molar-refractivity contribution in [3.63, 3.8) is 0 Å². The number of nitrogens with zero attached hydrogens (tertiary/aromatic N) is 1. The van der Waals surface area contributed by atoms with Crippen molar-refractivity contribution in [3.8, 4) is 0 Å². The van der Waals surface area contributed by atoms with Crippen LogP contribution in [0.15, 0.2) is 60.7 Å². The molecule has 71 heavy (non-hydrogen) atoms. The van der Waals surface area contributed by atoms with Gasteiger partial charge in [0.1, 0.15) is 12.2 Å². The van der Waals surface area contributed by atoms with E-state index in [2.05, 4.69) is 64.3 Å². The molecule has 3 aliphatic heterocycles. The van der Waals surface area contributed by atoms with Crippen LogP contribution in [0.1, 0.15) is 150 Å². The number of piperidine rings is 1. The van der Waals surface area contributed by atoms with Gasteiger partial charge in [0.25, 0.3) is 0 Å². The lowest BCUT2D eigenvalue weighted by Crippen LogP contribution is -2.65. The van der Waals surface area contributed by atoms with Gasteiger partial charge in [-0.05, 0) is 157 Å². The molecule has 0 radical (unpaired) electrons. The summed E-state index contributed by atoms with van der Waals surface area (Å²) in [6, 6.07) is 20.1. The Balaban J connectivity index is 0.000000179. The van der Waals surface area contributed by atoms with Crippen molar-refractivity contribution < 1.29 is 47.2 Å². The average Bonchev–Trinajstić information content (AvgIpc) is 3.90. The van der Waals surface area contributed by atoms with Gasteiger partial charge >= 0.3 is 32.5 Å². The Hall–Kier alpha value is -3.78. The summed E-state index contributed by atoms with van der Waals surface area (Å²) >= 11 is 0. The topological polar surface area (TPSA) is 143 Å². The van der Waals surface area contributed by atoms with Crippen molar-refractivity contribution in [3.05, 3.63) is 71.8 Å². The normalized spacial score (nSPS) is 33.1. The summed E-state index contributed by atoms with van der Waals surface area (Å²) in [5.41, 5.74) is 1.55. The zero-order chi connectivity index (χ0) is 50.3. The monoisotopic (exact) mass is 980 g/mol. The minimum absolute atomic E-state index is 0.0278. The van der Waals surface area contributed by atoms with Gasteiger partial charge < -0.3 is 48.4 Å². The number of alkyl carbamates (subject to hydrolysis) is 2. The van der Waals surface area contributed by atoms with Gasteiger partial charge in [0.15, 0.2) is 0 Å². The van der Waals surface area contributed by atoms with Crippen LogP contribution < -0.4 is 10.6 Å². The zero-order valence-electron chi connectivity index (χ0n) is 44.3. The molecule has 2 aromatic rings. The summed E-state index contributed by atoms with van der Waals surface area (Å²) in [5, 5.41) is 6.17. The minimum Gasteiger partial charge on any atom is -0.449 e. The highest BCUT2D eigenvalue weighted by atomic mass is 16.7. The molecule has 10 fully saturated rings. The molecule has 3 heterocycles. The lowest BCUT2D eigenvalue weighted by molar-refractivity contribution is -0.199. The fourth-order valence-electron chi connectivity index (χ4n) is 14.1. The number of likely N-dealkylation sites (tertiary alicyclic amines) is 1. The number of ether oxygens (including phenoxy) is 3. The van der Waals surface area contributed by atoms with Crippen molar-refractivity contribution in [2.75, 3.05) is 19.8 Å². The molecule has 4 bridgehead atoms. The molecule has 15 heteroatoms. The predicted molar refractivity (Wildman–Crippen MR) is 274 cm³/mol. The summed E-state index contributed by atoms with van der Waals surface area (Å²) in [5.74, 6) is 2.10. The third-order valence-corrected chi connectivity index (χ3v) is 18.6. The lowest BCUT2D eigenvalue weighted by Gasteiger charge is -2.64. The molecule has 0 spiro atoms. The molecule has 3 amide bonds. The maximum Gasteiger partial charge on any atom is 0.482 e. The third kappa shape index (κ3) is 11.2. The summed E-state index contributed by atoms with van der Waals surface area (Å²) < 4.78 is 43.4. The smallest absolute Gasteiger partial charge is 0.449 e. The highest BCUT2D eigenvalue weighted by molar-refractivity contribution is 6.48. The first-order chi connectivity index (χ1) is 33.7. The number of amides is 3. The second-order valence-electron chi connectivity index (χ2n) is 25.1. The van der Waals surface area contributed by atoms with Crippen molar-refractivity contribution in [2.45, 2.75) is 199 Å². The molecule has 0 aromatic heterocycles. The second-order valence-corrected chi connectivity index (χ2v) is 25.1. The van der Waals surface area contributed by atoms with E-state index in [1.807, 2.05) is 69.3 Å². The molecule has 11 atom stereocenters. The van der Waals surface area contributed by atoms with E-state index in [-0.39, 0.29) is 59.6 Å². The molecule has 2 N–H and O–H groups in total. The van der Waals surface area contributed by atoms with Crippen molar-refractivity contribution in [2.24, 2.45) is 40.4 Å². The van der Waals surface area contributed by atoms with Crippen LogP contribution >= 0.6 is 0 Å². The van der Waals surface area contributed by atoms with Gasteiger partial charge in [-0.1, -0.05) is 108 Å². The van der Waals surface area contributed by atoms with Crippen LogP contribution in [-0.4, -0.2) is 104 Å². The van der Waals surface area contributed by atoms with Crippen molar-refractivity contribution in [1.29, 1.82) is 0 Å². The largest absolute Gasteiger partial charge is 0.482 e. The van der Waals surface area contributed by atoms with E-state index < -0.39 is 31.9 Å². The van der Waals surface area contributed by atoms with Gasteiger partial charge in [-0.3, -0.25) is 0 Å². The van der Waals surface area contributed by atoms with Crippen LogP contribution in [0.25, 0.3) is 0 Å². The standard InChI is InChI=1S/C30H45BN2O6.C26H38BNO4/c1-28(2,3)37-27(35)33-15-11-10-14-22(33)19-36-26(34)32-25(16-20-12-8-7-9-13-20)31-38-24-18-21-17-23(29(21,4)5)30(24,6)39-31;1-25(2)20-15-21(25)26(3)22(16-20)31-27(32-26)23(14-18-10-6-4-7-11-18)28-24(29)30-17-19-12-8-5-9-13-19/h7-9,12-13,21-25H,10-11,14-19H2,1-6H3,(H,32,34);4,6-7,10-11,19-23H,5,8-9,12-17H2,1-3H3,(H,28,29)/t21-,22+,23-,24+,25-,30-;20-,21-,22+,23-,26-/m00/s1. The fourth-order valence-corrected chi connectivity index (χ4v) is 14.1. The van der Waals surface area contributed by atoms with Gasteiger partial charge in [-0.25, -0.2) is 14.4 Å². The van der Waals surface area contributed by atoms with E-state index in [1.54, 1.807) is 4.90 Å². The molecular formula is C56H83B2N3O10. The molecule has 388 valence electrons. The van der Waals surface area contributed by atoms with Gasteiger partial charge in [0, 0.05) is 6.54 Å². The van der Waals surface area contributed by atoms with Crippen molar-refractivity contribution in [1.82, 2.24) is 15.5 Å². The van der Waals surface area contributed by atoms with Gasteiger partial charge in [0.2, 0.25) is 0 Å². The van der Waals surface area contributed by atoms with Crippen LogP contribution in [0.2, 0.25) is 0 Å². The SMILES string of the molecule is CC(C)(C)OC(=O)N1CCCC[C@@H]1COC(=O)N[C@@H](Cc1ccccc1)B1O[C@@H]2C[C@@H]3C[C@@H](C3(C)C)[C@]2(C)O1.CC1(C)[C@@H]2C[C@H]3OB([C@H](Cc4ccccc4)NC(=O)OCC4CCCCC4)O[C@@]3(C)[C@H]1C2. The number of hydrogen-bond donors (Lipinski definition) is 2. The van der Waals surface area contributed by atoms with Crippen LogP contribution in [0.4, 0.5) is 14.4 Å². The molecule has 0 unspecified atom stereocenters. The number of carbonyl (C=O) groups is 3. The highest BCUT2D eigenvalue weighted by Crippen LogP contribution is 2.67. The van der Waals surface area contributed by atoms with E-state index in [4.69, 9.17) is 32.8 Å². The molecule has 12 rings (SSSR count). The number of carbonyl (C=O) groups excluding carboxylic acids is 3. The molecular weight excluding hydrogens is 896 g/mol. The number of rotatable bonds is 12. The van der Waals surface area contributed by atoms with Gasteiger partial charge in [-0.2, -0.15) is 0 Å². The van der Waals surface area contributed by atoms with E-state index in [0.29, 0.717) is 61.0 Å². The first kappa shape index (κ1) is 52.1. The average molecular weight is 980 g/mol. The van der Waals surface area contributed by atoms with E-state index in [0.717, 1.165) is 56.1 Å². The molecule has 2 aromatic carbocycles. The first-order valence-electron chi connectivity index (χ1n) is 27.3. The minimum atomic E-state index is -0.577. The summed E-state index contributed by atoms with van der Waals surface area (Å²) in [6.45, 7) is 20.6. The van der Waals surface area contributed by atoms with Crippen LogP contribution in [-0.2, 0) is 45.7 Å². The highest BCUT2D eigenvalue weighted by Gasteiger charge is 2.70.